The number of nitrogens with zero attached hydrogens (tertiary/aromatic N) is 5. The number of likely N-dealkylation sites (N-methyl/N-ethyl adjacent to an activating group) is 1. The number of β-amino-alcohol motifs (C(OH)–C–C–N with tert-alkyl or cyclic N) is 1. The lowest BCUT2D eigenvalue weighted by Gasteiger charge is -2.36. The van der Waals surface area contributed by atoms with Crippen LogP contribution in [0.15, 0.2) is 24.3 Å². The Morgan fingerprint density at radius 3 is 2.49 bits per heavy atom. The second-order valence-electron chi connectivity index (χ2n) is 8.97. The summed E-state index contributed by atoms with van der Waals surface area (Å²) >= 11 is 5.64. The number of aryl methyl sites for hydroxylation is 1. The van der Waals surface area contributed by atoms with Gasteiger partial charge in [-0.2, -0.15) is 13.2 Å². The van der Waals surface area contributed by atoms with Gasteiger partial charge in [0.1, 0.15) is 22.7 Å². The third-order valence-corrected chi connectivity index (χ3v) is 6.66. The van der Waals surface area contributed by atoms with E-state index in [0.717, 1.165) is 28.0 Å². The molecular formula is C23H23ClF5N5O3. The zero-order valence-corrected chi connectivity index (χ0v) is 20.5. The molecule has 1 atom stereocenters. The standard InChI is InChI=1S/C23H23ClF5N5O3/c1-12-7-13(23(27,28)29)8-18(30-12)34-17(11-33(22(34)37)6-5-32-9-14(35)10-32)21(36)31(2)16-4-3-15(25)19(24)20(16)26/h3-4,7-8,14,17,35H,5-6,9-11H2,1-2H3/t17-/m0/s1. The van der Waals surface area contributed by atoms with Crippen LogP contribution in [0, 0.1) is 18.6 Å². The van der Waals surface area contributed by atoms with Crippen LogP contribution in [0.4, 0.5) is 38.3 Å². The molecular weight excluding hydrogens is 525 g/mol. The van der Waals surface area contributed by atoms with E-state index in [1.54, 1.807) is 0 Å². The minimum Gasteiger partial charge on any atom is -0.390 e. The summed E-state index contributed by atoms with van der Waals surface area (Å²) in [6.07, 6.45) is -5.20. The number of rotatable bonds is 6. The molecule has 1 aromatic carbocycles. The number of hydrogen-bond acceptors (Lipinski definition) is 5. The molecule has 8 nitrogen and oxygen atoms in total. The van der Waals surface area contributed by atoms with Crippen molar-refractivity contribution in [2.45, 2.75) is 25.2 Å². The van der Waals surface area contributed by atoms with Gasteiger partial charge in [-0.3, -0.25) is 14.6 Å². The monoisotopic (exact) mass is 547 g/mol. The highest BCUT2D eigenvalue weighted by molar-refractivity contribution is 6.31. The molecule has 200 valence electrons. The number of carbonyl (C=O) groups is 2. The van der Waals surface area contributed by atoms with Crippen molar-refractivity contribution in [1.29, 1.82) is 0 Å². The van der Waals surface area contributed by atoms with E-state index in [0.29, 0.717) is 25.7 Å². The van der Waals surface area contributed by atoms with E-state index in [2.05, 4.69) is 4.98 Å². The maximum absolute atomic E-state index is 14.6. The number of alkyl halides is 3. The quantitative estimate of drug-likeness (QED) is 0.443. The molecule has 2 aliphatic heterocycles. The fourth-order valence-corrected chi connectivity index (χ4v) is 4.49. The summed E-state index contributed by atoms with van der Waals surface area (Å²) < 4.78 is 68.7. The van der Waals surface area contributed by atoms with Crippen LogP contribution in [-0.4, -0.2) is 83.7 Å². The van der Waals surface area contributed by atoms with Gasteiger partial charge in [0.15, 0.2) is 5.82 Å². The van der Waals surface area contributed by atoms with Crippen LogP contribution in [0.1, 0.15) is 11.3 Å². The van der Waals surface area contributed by atoms with Crippen LogP contribution >= 0.6 is 11.6 Å². The Morgan fingerprint density at radius 1 is 1.19 bits per heavy atom. The molecule has 14 heteroatoms. The first kappa shape index (κ1) is 27.0. The smallest absolute Gasteiger partial charge is 0.390 e. The molecule has 0 saturated carbocycles. The van der Waals surface area contributed by atoms with Gasteiger partial charge in [0.25, 0.3) is 5.91 Å². The molecule has 1 aromatic heterocycles. The van der Waals surface area contributed by atoms with E-state index in [1.807, 2.05) is 4.90 Å². The van der Waals surface area contributed by atoms with Crippen molar-refractivity contribution in [2.75, 3.05) is 49.6 Å². The van der Waals surface area contributed by atoms with E-state index >= 15 is 0 Å². The second-order valence-corrected chi connectivity index (χ2v) is 9.35. The second kappa shape index (κ2) is 10.0. The Balaban J connectivity index is 1.68. The summed E-state index contributed by atoms with van der Waals surface area (Å²) in [7, 11) is 1.19. The molecule has 37 heavy (non-hydrogen) atoms. The summed E-state index contributed by atoms with van der Waals surface area (Å²) in [6, 6.07) is 1.24. The summed E-state index contributed by atoms with van der Waals surface area (Å²) in [5.74, 6) is -3.46. The molecule has 0 aliphatic carbocycles. The molecule has 2 saturated heterocycles. The maximum Gasteiger partial charge on any atom is 0.416 e. The fraction of sp³-hybridized carbons (Fsp3) is 0.435. The first-order chi connectivity index (χ1) is 17.3. The normalized spacial score (nSPS) is 18.9. The average Bonchev–Trinajstić information content (AvgIpc) is 3.13. The van der Waals surface area contributed by atoms with Gasteiger partial charge in [-0.1, -0.05) is 11.6 Å². The molecule has 0 spiro atoms. The van der Waals surface area contributed by atoms with Crippen molar-refractivity contribution < 1.29 is 36.6 Å². The van der Waals surface area contributed by atoms with Crippen LogP contribution in [-0.2, 0) is 11.0 Å². The molecule has 4 rings (SSSR count). The SMILES string of the molecule is Cc1cc(C(F)(F)F)cc(N2C(=O)N(CCN3CC(O)C3)C[C@H]2C(=O)N(C)c2ccc(F)c(Cl)c2F)n1. The van der Waals surface area contributed by atoms with Crippen molar-refractivity contribution in [3.05, 3.63) is 52.2 Å². The van der Waals surface area contributed by atoms with E-state index in [-0.39, 0.29) is 30.3 Å². The number of aromatic nitrogens is 1. The Bertz CT molecular complexity index is 1220. The summed E-state index contributed by atoms with van der Waals surface area (Å²) in [4.78, 5) is 35.8. The first-order valence-corrected chi connectivity index (χ1v) is 11.6. The number of halogens is 6. The average molecular weight is 548 g/mol. The molecule has 3 amide bonds. The molecule has 0 bridgehead atoms. The predicted octanol–water partition coefficient (Wildman–Crippen LogP) is 3.29. The number of urea groups is 1. The lowest BCUT2D eigenvalue weighted by molar-refractivity contribution is -0.137. The van der Waals surface area contributed by atoms with Gasteiger partial charge in [-0.05, 0) is 31.2 Å². The van der Waals surface area contributed by atoms with Gasteiger partial charge in [-0.25, -0.2) is 18.6 Å². The lowest BCUT2D eigenvalue weighted by Crippen LogP contribution is -2.53. The molecule has 2 fully saturated rings. The Kier molecular flexibility index (Phi) is 7.32. The predicted molar refractivity (Wildman–Crippen MR) is 124 cm³/mol. The topological polar surface area (TPSA) is 80.2 Å². The zero-order chi connectivity index (χ0) is 27.2. The molecule has 0 unspecified atom stereocenters. The van der Waals surface area contributed by atoms with E-state index < -0.39 is 52.5 Å². The summed E-state index contributed by atoms with van der Waals surface area (Å²) in [5.41, 5.74) is -1.45. The number of carbonyl (C=O) groups excluding carboxylic acids is 2. The number of aliphatic hydroxyl groups excluding tert-OH is 1. The van der Waals surface area contributed by atoms with Crippen molar-refractivity contribution in [1.82, 2.24) is 14.8 Å². The zero-order valence-electron chi connectivity index (χ0n) is 19.8. The first-order valence-electron chi connectivity index (χ1n) is 11.2. The van der Waals surface area contributed by atoms with Crippen LogP contribution in [0.5, 0.6) is 0 Å². The summed E-state index contributed by atoms with van der Waals surface area (Å²) in [5, 5.41) is 8.64. The number of benzene rings is 1. The number of amides is 3. The third kappa shape index (κ3) is 5.34. The van der Waals surface area contributed by atoms with E-state index in [9.17, 15) is 36.6 Å². The molecule has 2 aromatic rings. The van der Waals surface area contributed by atoms with Gasteiger partial charge in [0, 0.05) is 38.9 Å². The van der Waals surface area contributed by atoms with Crippen molar-refractivity contribution >= 4 is 35.0 Å². The van der Waals surface area contributed by atoms with Crippen molar-refractivity contribution in [2.24, 2.45) is 0 Å². The van der Waals surface area contributed by atoms with Crippen molar-refractivity contribution in [3.63, 3.8) is 0 Å². The third-order valence-electron chi connectivity index (χ3n) is 6.31. The highest BCUT2D eigenvalue weighted by Crippen LogP contribution is 2.35. The summed E-state index contributed by atoms with van der Waals surface area (Å²) in [6.45, 7) is 2.43. The number of aliphatic hydroxyl groups is 1. The van der Waals surface area contributed by atoms with E-state index in [1.165, 1.54) is 18.9 Å². The lowest BCUT2D eigenvalue weighted by atomic mass is 10.1. The van der Waals surface area contributed by atoms with Gasteiger partial charge >= 0.3 is 12.2 Å². The largest absolute Gasteiger partial charge is 0.416 e. The van der Waals surface area contributed by atoms with Crippen LogP contribution in [0.3, 0.4) is 0 Å². The van der Waals surface area contributed by atoms with Gasteiger partial charge in [-0.15, -0.1) is 0 Å². The van der Waals surface area contributed by atoms with Gasteiger partial charge in [0.05, 0.1) is 23.9 Å². The molecule has 2 aliphatic rings. The van der Waals surface area contributed by atoms with Gasteiger partial charge < -0.3 is 14.9 Å². The highest BCUT2D eigenvalue weighted by Gasteiger charge is 2.45. The van der Waals surface area contributed by atoms with Gasteiger partial charge in [0.2, 0.25) is 0 Å². The van der Waals surface area contributed by atoms with Crippen LogP contribution < -0.4 is 9.80 Å². The Morgan fingerprint density at radius 2 is 1.86 bits per heavy atom. The van der Waals surface area contributed by atoms with E-state index in [4.69, 9.17) is 11.6 Å². The van der Waals surface area contributed by atoms with Crippen LogP contribution in [0.2, 0.25) is 5.02 Å². The number of hydrogen-bond donors (Lipinski definition) is 1. The van der Waals surface area contributed by atoms with Crippen molar-refractivity contribution in [3.8, 4) is 0 Å². The molecule has 1 N–H and O–H groups in total. The Hall–Kier alpha value is -3.03. The minimum absolute atomic E-state index is 0.0263. The fourth-order valence-electron chi connectivity index (χ4n) is 4.33. The maximum atomic E-state index is 14.6. The Labute approximate surface area is 213 Å². The number of pyridine rings is 1. The number of anilines is 2. The molecule has 3 heterocycles. The number of likely N-dealkylation sites (tertiary alicyclic amines) is 1. The minimum atomic E-state index is -4.73. The molecule has 0 radical (unpaired) electrons. The highest BCUT2D eigenvalue weighted by atomic mass is 35.5. The van der Waals surface area contributed by atoms with Crippen LogP contribution in [0.25, 0.3) is 0 Å².